The summed E-state index contributed by atoms with van der Waals surface area (Å²) in [6.07, 6.45) is 0. The van der Waals surface area contributed by atoms with Crippen LogP contribution in [0, 0.1) is 5.82 Å². The van der Waals surface area contributed by atoms with Crippen molar-refractivity contribution in [1.82, 2.24) is 5.32 Å². The average Bonchev–Trinajstić information content (AvgIpc) is 2.48. The second kappa shape index (κ2) is 5.73. The van der Waals surface area contributed by atoms with E-state index in [0.29, 0.717) is 12.5 Å². The SMILES string of the molecule is CNCC1COCc2c(-c3ccc(F)cc3)cccc21. The summed E-state index contributed by atoms with van der Waals surface area (Å²) in [5.41, 5.74) is 4.75. The van der Waals surface area contributed by atoms with Gasteiger partial charge in [0.2, 0.25) is 0 Å². The Morgan fingerprint density at radius 3 is 2.75 bits per heavy atom. The Bertz CT molecular complexity index is 594. The summed E-state index contributed by atoms with van der Waals surface area (Å²) < 4.78 is 18.8. The minimum atomic E-state index is -0.206. The van der Waals surface area contributed by atoms with Crippen molar-refractivity contribution in [2.24, 2.45) is 0 Å². The summed E-state index contributed by atoms with van der Waals surface area (Å²) >= 11 is 0. The molecule has 1 aliphatic heterocycles. The van der Waals surface area contributed by atoms with Gasteiger partial charge in [0.1, 0.15) is 5.82 Å². The van der Waals surface area contributed by atoms with Gasteiger partial charge in [-0.3, -0.25) is 0 Å². The number of hydrogen-bond acceptors (Lipinski definition) is 2. The highest BCUT2D eigenvalue weighted by Crippen LogP contribution is 2.34. The number of likely N-dealkylation sites (N-methyl/N-ethyl adjacent to an activating group) is 1. The Balaban J connectivity index is 2.05. The zero-order valence-corrected chi connectivity index (χ0v) is 11.5. The second-order valence-electron chi connectivity index (χ2n) is 5.15. The highest BCUT2D eigenvalue weighted by molar-refractivity contribution is 5.69. The zero-order chi connectivity index (χ0) is 13.9. The molecule has 2 aromatic carbocycles. The minimum Gasteiger partial charge on any atom is -0.376 e. The topological polar surface area (TPSA) is 21.3 Å². The van der Waals surface area contributed by atoms with Crippen LogP contribution in [0.25, 0.3) is 11.1 Å². The van der Waals surface area contributed by atoms with Crippen LogP contribution in [-0.4, -0.2) is 20.2 Å². The predicted octanol–water partition coefficient (Wildman–Crippen LogP) is 3.33. The monoisotopic (exact) mass is 271 g/mol. The lowest BCUT2D eigenvalue weighted by Gasteiger charge is -2.27. The molecule has 3 rings (SSSR count). The maximum atomic E-state index is 13.1. The third-order valence-electron chi connectivity index (χ3n) is 3.82. The van der Waals surface area contributed by atoms with Gasteiger partial charge < -0.3 is 10.1 Å². The van der Waals surface area contributed by atoms with E-state index in [4.69, 9.17) is 4.74 Å². The highest BCUT2D eigenvalue weighted by Gasteiger charge is 2.22. The fraction of sp³-hybridized carbons (Fsp3) is 0.294. The molecule has 0 bridgehead atoms. The molecule has 3 heteroatoms. The van der Waals surface area contributed by atoms with E-state index in [1.54, 1.807) is 0 Å². The van der Waals surface area contributed by atoms with Gasteiger partial charge in [-0.2, -0.15) is 0 Å². The summed E-state index contributed by atoms with van der Waals surface area (Å²) in [4.78, 5) is 0. The third-order valence-corrected chi connectivity index (χ3v) is 3.82. The van der Waals surface area contributed by atoms with Crippen LogP contribution in [0.5, 0.6) is 0 Å². The molecular weight excluding hydrogens is 253 g/mol. The molecule has 0 radical (unpaired) electrons. The molecule has 1 heterocycles. The average molecular weight is 271 g/mol. The number of ether oxygens (including phenoxy) is 1. The van der Waals surface area contributed by atoms with Gasteiger partial charge in [0.05, 0.1) is 13.2 Å². The van der Waals surface area contributed by atoms with Crippen molar-refractivity contribution in [3.05, 3.63) is 59.4 Å². The summed E-state index contributed by atoms with van der Waals surface area (Å²) in [5.74, 6) is 0.173. The minimum absolute atomic E-state index is 0.206. The van der Waals surface area contributed by atoms with E-state index in [1.165, 1.54) is 23.3 Å². The Labute approximate surface area is 118 Å². The van der Waals surface area contributed by atoms with Gasteiger partial charge in [0.25, 0.3) is 0 Å². The largest absolute Gasteiger partial charge is 0.376 e. The molecule has 0 amide bonds. The van der Waals surface area contributed by atoms with Gasteiger partial charge in [-0.05, 0) is 41.4 Å². The van der Waals surface area contributed by atoms with Crippen LogP contribution in [0.15, 0.2) is 42.5 Å². The van der Waals surface area contributed by atoms with Crippen molar-refractivity contribution in [1.29, 1.82) is 0 Å². The number of rotatable bonds is 3. The smallest absolute Gasteiger partial charge is 0.123 e. The normalized spacial score (nSPS) is 17.8. The first-order valence-electron chi connectivity index (χ1n) is 6.89. The van der Waals surface area contributed by atoms with Gasteiger partial charge >= 0.3 is 0 Å². The van der Waals surface area contributed by atoms with Crippen molar-refractivity contribution in [2.45, 2.75) is 12.5 Å². The Kier molecular flexibility index (Phi) is 3.81. The predicted molar refractivity (Wildman–Crippen MR) is 78.2 cm³/mol. The fourth-order valence-electron chi connectivity index (χ4n) is 2.86. The van der Waals surface area contributed by atoms with Crippen LogP contribution in [0.4, 0.5) is 4.39 Å². The van der Waals surface area contributed by atoms with Crippen LogP contribution in [0.2, 0.25) is 0 Å². The molecule has 0 fully saturated rings. The quantitative estimate of drug-likeness (QED) is 0.924. The van der Waals surface area contributed by atoms with E-state index in [1.807, 2.05) is 19.2 Å². The standard InChI is InChI=1S/C17H18FNO/c1-19-9-13-10-20-11-17-15(3-2-4-16(13)17)12-5-7-14(18)8-6-12/h2-8,13,19H,9-11H2,1H3. The molecule has 1 N–H and O–H groups in total. The van der Waals surface area contributed by atoms with Crippen molar-refractivity contribution >= 4 is 0 Å². The summed E-state index contributed by atoms with van der Waals surface area (Å²) in [6.45, 7) is 2.28. The molecule has 2 nitrogen and oxygen atoms in total. The Morgan fingerprint density at radius 2 is 2.00 bits per heavy atom. The summed E-state index contributed by atoms with van der Waals surface area (Å²) in [5, 5.41) is 3.22. The van der Waals surface area contributed by atoms with Gasteiger partial charge in [-0.15, -0.1) is 0 Å². The van der Waals surface area contributed by atoms with Crippen LogP contribution >= 0.6 is 0 Å². The Hall–Kier alpha value is -1.71. The maximum absolute atomic E-state index is 13.1. The second-order valence-corrected chi connectivity index (χ2v) is 5.15. The van der Waals surface area contributed by atoms with Crippen LogP contribution in [0.3, 0.4) is 0 Å². The van der Waals surface area contributed by atoms with Gasteiger partial charge in [-0.25, -0.2) is 4.39 Å². The molecule has 1 unspecified atom stereocenters. The van der Waals surface area contributed by atoms with E-state index in [-0.39, 0.29) is 5.82 Å². The van der Waals surface area contributed by atoms with Crippen LogP contribution < -0.4 is 5.32 Å². The molecular formula is C17H18FNO. The fourth-order valence-corrected chi connectivity index (χ4v) is 2.86. The first-order chi connectivity index (χ1) is 9.79. The lowest BCUT2D eigenvalue weighted by Crippen LogP contribution is -2.26. The van der Waals surface area contributed by atoms with Crippen LogP contribution in [0.1, 0.15) is 17.0 Å². The number of fused-ring (bicyclic) bond motifs is 1. The van der Waals surface area contributed by atoms with Crippen molar-refractivity contribution < 1.29 is 9.13 Å². The van der Waals surface area contributed by atoms with E-state index in [2.05, 4.69) is 23.5 Å². The first-order valence-corrected chi connectivity index (χ1v) is 6.89. The molecule has 0 spiro atoms. The van der Waals surface area contributed by atoms with Crippen molar-refractivity contribution in [3.63, 3.8) is 0 Å². The molecule has 0 aliphatic carbocycles. The molecule has 20 heavy (non-hydrogen) atoms. The van der Waals surface area contributed by atoms with E-state index in [0.717, 1.165) is 24.3 Å². The number of benzene rings is 2. The van der Waals surface area contributed by atoms with Gasteiger partial charge in [0.15, 0.2) is 0 Å². The number of halogens is 1. The van der Waals surface area contributed by atoms with Gasteiger partial charge in [0, 0.05) is 12.5 Å². The molecule has 0 aromatic heterocycles. The highest BCUT2D eigenvalue weighted by atomic mass is 19.1. The lowest BCUT2D eigenvalue weighted by molar-refractivity contribution is 0.0915. The van der Waals surface area contributed by atoms with E-state index < -0.39 is 0 Å². The van der Waals surface area contributed by atoms with Gasteiger partial charge in [-0.1, -0.05) is 30.3 Å². The molecule has 2 aromatic rings. The summed E-state index contributed by atoms with van der Waals surface area (Å²) in [6, 6.07) is 13.0. The zero-order valence-electron chi connectivity index (χ0n) is 11.5. The number of hydrogen-bond donors (Lipinski definition) is 1. The third kappa shape index (κ3) is 2.47. The number of nitrogens with one attached hydrogen (secondary N) is 1. The maximum Gasteiger partial charge on any atom is 0.123 e. The molecule has 1 aliphatic rings. The molecule has 0 saturated heterocycles. The van der Waals surface area contributed by atoms with E-state index in [9.17, 15) is 4.39 Å². The Morgan fingerprint density at radius 1 is 1.20 bits per heavy atom. The molecule has 0 saturated carbocycles. The summed E-state index contributed by atoms with van der Waals surface area (Å²) in [7, 11) is 1.96. The molecule has 104 valence electrons. The lowest BCUT2D eigenvalue weighted by atomic mass is 9.87. The van der Waals surface area contributed by atoms with Crippen LogP contribution in [-0.2, 0) is 11.3 Å². The first kappa shape index (κ1) is 13.3. The van der Waals surface area contributed by atoms with Crippen molar-refractivity contribution in [3.8, 4) is 11.1 Å². The molecule has 1 atom stereocenters. The van der Waals surface area contributed by atoms with Crippen molar-refractivity contribution in [2.75, 3.05) is 20.2 Å². The van der Waals surface area contributed by atoms with E-state index >= 15 is 0 Å².